The molecule has 4 heteroatoms. The molecule has 0 saturated heterocycles. The van der Waals surface area contributed by atoms with Crippen LogP contribution >= 0.6 is 0 Å². The van der Waals surface area contributed by atoms with Crippen molar-refractivity contribution in [1.29, 1.82) is 0 Å². The lowest BCUT2D eigenvalue weighted by Crippen LogP contribution is -2.11. The van der Waals surface area contributed by atoms with Crippen molar-refractivity contribution in [2.24, 2.45) is 5.73 Å². The van der Waals surface area contributed by atoms with E-state index in [4.69, 9.17) is 5.73 Å². The molecule has 2 heterocycles. The molecule has 5 rings (SSSR count). The molecule has 0 radical (unpaired) electrons. The number of nitrogens with two attached hydrogens (primary N) is 1. The van der Waals surface area contributed by atoms with Crippen LogP contribution in [0.3, 0.4) is 0 Å². The molecular formula is C25H19N3O. The Morgan fingerprint density at radius 2 is 1.62 bits per heavy atom. The summed E-state index contributed by atoms with van der Waals surface area (Å²) in [6.45, 7) is 0.684. The molecule has 4 nitrogen and oxygen atoms in total. The molecule has 3 aromatic carbocycles. The van der Waals surface area contributed by atoms with E-state index < -0.39 is 5.91 Å². The Kier molecular flexibility index (Phi) is 4.10. The van der Waals surface area contributed by atoms with Crippen LogP contribution in [0.2, 0.25) is 0 Å². The quantitative estimate of drug-likeness (QED) is 0.479. The number of hydrogen-bond acceptors (Lipinski definition) is 2. The number of carbonyl (C=O) groups excluding carboxylic acids is 1. The zero-order chi connectivity index (χ0) is 19.8. The van der Waals surface area contributed by atoms with Gasteiger partial charge >= 0.3 is 0 Å². The van der Waals surface area contributed by atoms with Crippen LogP contribution in [-0.4, -0.2) is 15.5 Å². The first kappa shape index (κ1) is 17.2. The highest BCUT2D eigenvalue weighted by Crippen LogP contribution is 2.35. The second kappa shape index (κ2) is 6.91. The highest BCUT2D eigenvalue weighted by molar-refractivity contribution is 6.18. The smallest absolute Gasteiger partial charge is 0.249 e. The number of benzene rings is 3. The number of fused-ring (bicyclic) bond motifs is 3. The van der Waals surface area contributed by atoms with Gasteiger partial charge in [-0.05, 0) is 47.0 Å². The third-order valence-electron chi connectivity index (χ3n) is 5.35. The first-order valence-electron chi connectivity index (χ1n) is 9.51. The minimum atomic E-state index is -0.411. The fraction of sp³-hybridized carbons (Fsp3) is 0.0400. The molecule has 0 aliphatic carbocycles. The summed E-state index contributed by atoms with van der Waals surface area (Å²) in [5.74, 6) is -0.411. The lowest BCUT2D eigenvalue weighted by Gasteiger charge is -2.09. The van der Waals surface area contributed by atoms with Crippen LogP contribution < -0.4 is 5.73 Å². The molecule has 0 atom stereocenters. The maximum Gasteiger partial charge on any atom is 0.249 e. The average Bonchev–Trinajstić information content (AvgIpc) is 3.08. The zero-order valence-electron chi connectivity index (χ0n) is 15.7. The highest BCUT2D eigenvalue weighted by atomic mass is 16.1. The lowest BCUT2D eigenvalue weighted by molar-refractivity contribution is 0.100. The van der Waals surface area contributed by atoms with Gasteiger partial charge in [0.05, 0.1) is 11.0 Å². The van der Waals surface area contributed by atoms with Crippen molar-refractivity contribution in [3.63, 3.8) is 0 Å². The van der Waals surface area contributed by atoms with Gasteiger partial charge in [-0.25, -0.2) is 0 Å². The van der Waals surface area contributed by atoms with Crippen molar-refractivity contribution < 1.29 is 4.79 Å². The maximum absolute atomic E-state index is 12.1. The summed E-state index contributed by atoms with van der Waals surface area (Å²) in [7, 11) is 0. The number of carbonyl (C=O) groups is 1. The number of amides is 1. The zero-order valence-corrected chi connectivity index (χ0v) is 15.7. The summed E-state index contributed by atoms with van der Waals surface area (Å²) in [6, 6.07) is 26.4. The minimum absolute atomic E-state index is 0.411. The average molecular weight is 377 g/mol. The SMILES string of the molecule is NC(=O)c1cccc2c1c1ccc(-c3ccccc3)cc1n2Cc1ccncc1. The van der Waals surface area contributed by atoms with Crippen molar-refractivity contribution in [3.8, 4) is 11.1 Å². The molecule has 0 fully saturated rings. The van der Waals surface area contributed by atoms with Gasteiger partial charge in [0.15, 0.2) is 0 Å². The van der Waals surface area contributed by atoms with Crippen LogP contribution in [0, 0.1) is 0 Å². The number of nitrogens with zero attached hydrogens (tertiary/aromatic N) is 2. The van der Waals surface area contributed by atoms with Gasteiger partial charge in [-0.1, -0.05) is 48.5 Å². The van der Waals surface area contributed by atoms with Gasteiger partial charge in [0.1, 0.15) is 0 Å². The normalized spacial score (nSPS) is 11.2. The second-order valence-corrected chi connectivity index (χ2v) is 7.10. The van der Waals surface area contributed by atoms with E-state index in [1.807, 2.05) is 42.5 Å². The molecule has 0 aliphatic heterocycles. The first-order chi connectivity index (χ1) is 14.2. The Morgan fingerprint density at radius 1 is 0.828 bits per heavy atom. The van der Waals surface area contributed by atoms with Gasteiger partial charge in [-0.15, -0.1) is 0 Å². The molecular weight excluding hydrogens is 358 g/mol. The van der Waals surface area contributed by atoms with Crippen molar-refractivity contribution in [1.82, 2.24) is 9.55 Å². The van der Waals surface area contributed by atoms with E-state index in [2.05, 4.69) is 39.9 Å². The van der Waals surface area contributed by atoms with Crippen molar-refractivity contribution in [2.75, 3.05) is 0 Å². The van der Waals surface area contributed by atoms with E-state index >= 15 is 0 Å². The van der Waals surface area contributed by atoms with Crippen LogP contribution in [0.5, 0.6) is 0 Å². The van der Waals surface area contributed by atoms with E-state index in [0.717, 1.165) is 38.5 Å². The summed E-state index contributed by atoms with van der Waals surface area (Å²) >= 11 is 0. The van der Waals surface area contributed by atoms with Crippen LogP contribution in [0.25, 0.3) is 32.9 Å². The highest BCUT2D eigenvalue weighted by Gasteiger charge is 2.17. The predicted molar refractivity (Wildman–Crippen MR) is 117 cm³/mol. The van der Waals surface area contributed by atoms with Gasteiger partial charge in [0.25, 0.3) is 0 Å². The Morgan fingerprint density at radius 3 is 2.38 bits per heavy atom. The Labute approximate surface area is 168 Å². The van der Waals surface area contributed by atoms with Gasteiger partial charge in [0, 0.05) is 35.3 Å². The number of aromatic nitrogens is 2. The third-order valence-corrected chi connectivity index (χ3v) is 5.35. The molecule has 29 heavy (non-hydrogen) atoms. The maximum atomic E-state index is 12.1. The number of rotatable bonds is 4. The number of pyridine rings is 1. The molecule has 1 amide bonds. The summed E-state index contributed by atoms with van der Waals surface area (Å²) in [4.78, 5) is 16.2. The van der Waals surface area contributed by atoms with E-state index in [0.29, 0.717) is 12.1 Å². The minimum Gasteiger partial charge on any atom is -0.366 e. The van der Waals surface area contributed by atoms with E-state index in [1.165, 1.54) is 0 Å². The number of hydrogen-bond donors (Lipinski definition) is 1. The second-order valence-electron chi connectivity index (χ2n) is 7.10. The van der Waals surface area contributed by atoms with E-state index in [1.54, 1.807) is 18.5 Å². The standard InChI is InChI=1S/C25H19N3O/c26-25(29)21-7-4-8-22-24(21)20-10-9-19(18-5-2-1-3-6-18)15-23(20)28(22)16-17-11-13-27-14-12-17/h1-15H,16H2,(H2,26,29). The van der Waals surface area contributed by atoms with Crippen LogP contribution in [-0.2, 0) is 6.54 Å². The van der Waals surface area contributed by atoms with Crippen molar-refractivity contribution in [2.45, 2.75) is 6.54 Å². The van der Waals surface area contributed by atoms with Crippen molar-refractivity contribution in [3.05, 3.63) is 102 Å². The molecule has 140 valence electrons. The van der Waals surface area contributed by atoms with Gasteiger partial charge in [-0.2, -0.15) is 0 Å². The van der Waals surface area contributed by atoms with Gasteiger partial charge in [0.2, 0.25) is 5.91 Å². The first-order valence-corrected chi connectivity index (χ1v) is 9.51. The summed E-state index contributed by atoms with van der Waals surface area (Å²) in [5.41, 5.74) is 11.8. The molecule has 0 unspecified atom stereocenters. The fourth-order valence-corrected chi connectivity index (χ4v) is 4.00. The van der Waals surface area contributed by atoms with E-state index in [9.17, 15) is 4.79 Å². The Hall–Kier alpha value is -3.92. The lowest BCUT2D eigenvalue weighted by atomic mass is 10.0. The third kappa shape index (κ3) is 2.95. The molecule has 0 aliphatic rings. The number of primary amides is 1. The molecule has 5 aromatic rings. The van der Waals surface area contributed by atoms with Crippen LogP contribution in [0.4, 0.5) is 0 Å². The summed E-state index contributed by atoms with van der Waals surface area (Å²) in [6.07, 6.45) is 3.60. The molecule has 0 saturated carbocycles. The Bertz CT molecular complexity index is 1340. The van der Waals surface area contributed by atoms with Crippen molar-refractivity contribution >= 4 is 27.7 Å². The largest absolute Gasteiger partial charge is 0.366 e. The summed E-state index contributed by atoms with van der Waals surface area (Å²) < 4.78 is 2.25. The van der Waals surface area contributed by atoms with E-state index in [-0.39, 0.29) is 0 Å². The molecule has 0 bridgehead atoms. The Balaban J connectivity index is 1.82. The monoisotopic (exact) mass is 377 g/mol. The molecule has 2 aromatic heterocycles. The summed E-state index contributed by atoms with van der Waals surface area (Å²) in [5, 5.41) is 1.94. The van der Waals surface area contributed by atoms with Gasteiger partial charge in [-0.3, -0.25) is 9.78 Å². The topological polar surface area (TPSA) is 60.9 Å². The van der Waals surface area contributed by atoms with Crippen LogP contribution in [0.1, 0.15) is 15.9 Å². The molecule has 2 N–H and O–H groups in total. The fourth-order valence-electron chi connectivity index (χ4n) is 4.00. The predicted octanol–water partition coefficient (Wildman–Crippen LogP) is 5.00. The van der Waals surface area contributed by atoms with Gasteiger partial charge < -0.3 is 10.3 Å². The van der Waals surface area contributed by atoms with Crippen LogP contribution in [0.15, 0.2) is 91.3 Å². The molecule has 0 spiro atoms.